The van der Waals surface area contributed by atoms with Crippen molar-refractivity contribution in [2.45, 2.75) is 39.2 Å². The van der Waals surface area contributed by atoms with Crippen LogP contribution in [0.3, 0.4) is 0 Å². The van der Waals surface area contributed by atoms with Crippen LogP contribution in [-0.4, -0.2) is 0 Å². The van der Waals surface area contributed by atoms with Gasteiger partial charge in [0.2, 0.25) is 0 Å². The Morgan fingerprint density at radius 3 is 3.08 bits per heavy atom. The third-order valence-corrected chi connectivity index (χ3v) is 4.03. The third-order valence-electron chi connectivity index (χ3n) is 2.92. The van der Waals surface area contributed by atoms with E-state index in [-0.39, 0.29) is 6.04 Å². The molecule has 2 atom stereocenters. The molecule has 13 heavy (non-hydrogen) atoms. The first-order valence-corrected chi connectivity index (χ1v) is 5.91. The Labute approximate surface area is 84.0 Å². The Morgan fingerprint density at radius 1 is 1.62 bits per heavy atom. The van der Waals surface area contributed by atoms with E-state index in [2.05, 4.69) is 19.2 Å². The maximum atomic E-state index is 5.93. The molecule has 72 valence electrons. The summed E-state index contributed by atoms with van der Waals surface area (Å²) in [5.41, 5.74) is 8.90. The van der Waals surface area contributed by atoms with Crippen molar-refractivity contribution < 1.29 is 0 Å². The lowest BCUT2D eigenvalue weighted by molar-refractivity contribution is 0.502. The van der Waals surface area contributed by atoms with Gasteiger partial charge < -0.3 is 5.73 Å². The maximum absolute atomic E-state index is 5.93. The van der Waals surface area contributed by atoms with Crippen LogP contribution in [0.2, 0.25) is 0 Å². The molecule has 0 radical (unpaired) electrons. The van der Waals surface area contributed by atoms with Crippen LogP contribution in [0.5, 0.6) is 0 Å². The van der Waals surface area contributed by atoms with Gasteiger partial charge in [-0.15, -0.1) is 11.3 Å². The largest absolute Gasteiger partial charge is 0.324 e. The Hall–Kier alpha value is -0.340. The van der Waals surface area contributed by atoms with Gasteiger partial charge in [-0.1, -0.05) is 6.92 Å². The molecule has 1 aromatic heterocycles. The molecule has 0 saturated carbocycles. The van der Waals surface area contributed by atoms with E-state index in [4.69, 9.17) is 5.73 Å². The van der Waals surface area contributed by atoms with Crippen molar-refractivity contribution in [2.24, 2.45) is 11.7 Å². The molecule has 2 N–H and O–H groups in total. The van der Waals surface area contributed by atoms with Gasteiger partial charge in [-0.2, -0.15) is 0 Å². The van der Waals surface area contributed by atoms with Gasteiger partial charge in [0.25, 0.3) is 0 Å². The van der Waals surface area contributed by atoms with Crippen LogP contribution < -0.4 is 5.73 Å². The van der Waals surface area contributed by atoms with Crippen LogP contribution in [0.1, 0.15) is 42.3 Å². The summed E-state index contributed by atoms with van der Waals surface area (Å²) in [4.78, 5) is 1.59. The number of fused-ring (bicyclic) bond motifs is 1. The molecule has 0 fully saturated rings. The third kappa shape index (κ3) is 1.65. The highest BCUT2D eigenvalue weighted by molar-refractivity contribution is 7.10. The smallest absolute Gasteiger partial charge is 0.0277 e. The first-order valence-electron chi connectivity index (χ1n) is 5.03. The van der Waals surface area contributed by atoms with E-state index >= 15 is 0 Å². The number of thiophene rings is 1. The van der Waals surface area contributed by atoms with E-state index in [9.17, 15) is 0 Å². The van der Waals surface area contributed by atoms with E-state index in [0.29, 0.717) is 0 Å². The quantitative estimate of drug-likeness (QED) is 0.732. The monoisotopic (exact) mass is 195 g/mol. The Bertz CT molecular complexity index is 301. The number of hydrogen-bond acceptors (Lipinski definition) is 2. The molecule has 0 aromatic carbocycles. The molecule has 1 aromatic rings. The van der Waals surface area contributed by atoms with Gasteiger partial charge in [-0.25, -0.2) is 0 Å². The fourth-order valence-corrected chi connectivity index (χ4v) is 3.29. The van der Waals surface area contributed by atoms with Crippen molar-refractivity contribution in [3.05, 3.63) is 21.4 Å². The van der Waals surface area contributed by atoms with E-state index in [1.807, 2.05) is 11.3 Å². The summed E-state index contributed by atoms with van der Waals surface area (Å²) in [6, 6.07) is 0.213. The van der Waals surface area contributed by atoms with Gasteiger partial charge in [-0.05, 0) is 48.6 Å². The summed E-state index contributed by atoms with van der Waals surface area (Å²) in [5.74, 6) is 0.847. The summed E-state index contributed by atoms with van der Waals surface area (Å²) >= 11 is 1.90. The first kappa shape index (κ1) is 9.22. The number of hydrogen-bond donors (Lipinski definition) is 1. The highest BCUT2D eigenvalue weighted by atomic mass is 32.1. The van der Waals surface area contributed by atoms with Crippen molar-refractivity contribution >= 4 is 11.3 Å². The van der Waals surface area contributed by atoms with E-state index in [1.54, 1.807) is 10.4 Å². The molecule has 1 aliphatic carbocycles. The van der Waals surface area contributed by atoms with Gasteiger partial charge in [0.15, 0.2) is 0 Å². The summed E-state index contributed by atoms with van der Waals surface area (Å²) in [5, 5.41) is 2.26. The second-order valence-electron chi connectivity index (χ2n) is 4.23. The second-order valence-corrected chi connectivity index (χ2v) is 5.19. The number of rotatable bonds is 1. The van der Waals surface area contributed by atoms with Crippen LogP contribution in [-0.2, 0) is 12.8 Å². The lowest BCUT2D eigenvalue weighted by Gasteiger charge is -2.20. The van der Waals surface area contributed by atoms with Gasteiger partial charge in [0, 0.05) is 10.9 Å². The minimum atomic E-state index is 0.213. The summed E-state index contributed by atoms with van der Waals surface area (Å²) in [6.07, 6.45) is 3.87. The molecular formula is C11H17NS. The summed E-state index contributed by atoms with van der Waals surface area (Å²) < 4.78 is 0. The van der Waals surface area contributed by atoms with Gasteiger partial charge in [-0.3, -0.25) is 0 Å². The van der Waals surface area contributed by atoms with E-state index < -0.39 is 0 Å². The molecule has 1 heterocycles. The average Bonchev–Trinajstić information content (AvgIpc) is 2.46. The van der Waals surface area contributed by atoms with Crippen LogP contribution in [0.15, 0.2) is 5.38 Å². The molecular weight excluding hydrogens is 178 g/mol. The lowest BCUT2D eigenvalue weighted by atomic mass is 9.87. The fraction of sp³-hybridized carbons (Fsp3) is 0.636. The van der Waals surface area contributed by atoms with Crippen molar-refractivity contribution in [1.82, 2.24) is 0 Å². The maximum Gasteiger partial charge on any atom is 0.0277 e. The highest BCUT2D eigenvalue weighted by Gasteiger charge is 2.20. The van der Waals surface area contributed by atoms with Crippen molar-refractivity contribution in [2.75, 3.05) is 0 Å². The zero-order valence-electron chi connectivity index (χ0n) is 8.34. The van der Waals surface area contributed by atoms with E-state index in [0.717, 1.165) is 5.92 Å². The van der Waals surface area contributed by atoms with Gasteiger partial charge in [0.05, 0.1) is 0 Å². The summed E-state index contributed by atoms with van der Waals surface area (Å²) in [6.45, 7) is 4.42. The molecule has 0 amide bonds. The SMILES string of the molecule is CC1CCc2scc(C(C)N)c2C1. The Kier molecular flexibility index (Phi) is 2.43. The van der Waals surface area contributed by atoms with Gasteiger partial charge in [0.1, 0.15) is 0 Å². The molecule has 2 heteroatoms. The average molecular weight is 195 g/mol. The standard InChI is InChI=1S/C11H17NS/c1-7-3-4-11-9(5-7)10(6-13-11)8(2)12/h6-8H,3-5,12H2,1-2H3. The van der Waals surface area contributed by atoms with Crippen molar-refractivity contribution in [3.63, 3.8) is 0 Å². The molecule has 2 unspecified atom stereocenters. The normalized spacial score (nSPS) is 24.1. The zero-order valence-corrected chi connectivity index (χ0v) is 9.16. The Morgan fingerprint density at radius 2 is 2.38 bits per heavy atom. The fourth-order valence-electron chi connectivity index (χ4n) is 2.09. The first-order chi connectivity index (χ1) is 6.18. The predicted molar refractivity (Wildman–Crippen MR) is 58.1 cm³/mol. The number of nitrogens with two attached hydrogens (primary N) is 1. The molecule has 0 saturated heterocycles. The van der Waals surface area contributed by atoms with Crippen LogP contribution in [0.4, 0.5) is 0 Å². The Balaban J connectivity index is 2.35. The molecule has 1 aliphatic rings. The molecule has 0 spiro atoms. The van der Waals surface area contributed by atoms with Crippen LogP contribution in [0.25, 0.3) is 0 Å². The number of aryl methyl sites for hydroxylation is 1. The second kappa shape index (κ2) is 3.43. The molecule has 2 rings (SSSR count). The predicted octanol–water partition coefficient (Wildman–Crippen LogP) is 2.89. The minimum Gasteiger partial charge on any atom is -0.324 e. The van der Waals surface area contributed by atoms with Crippen LogP contribution >= 0.6 is 11.3 Å². The molecule has 0 bridgehead atoms. The summed E-state index contributed by atoms with van der Waals surface area (Å²) in [7, 11) is 0. The van der Waals surface area contributed by atoms with Crippen molar-refractivity contribution in [3.8, 4) is 0 Å². The topological polar surface area (TPSA) is 26.0 Å². The van der Waals surface area contributed by atoms with Gasteiger partial charge >= 0.3 is 0 Å². The van der Waals surface area contributed by atoms with Crippen molar-refractivity contribution in [1.29, 1.82) is 0 Å². The zero-order chi connectivity index (χ0) is 9.42. The highest BCUT2D eigenvalue weighted by Crippen LogP contribution is 2.34. The lowest BCUT2D eigenvalue weighted by Crippen LogP contribution is -2.13. The van der Waals surface area contributed by atoms with Crippen LogP contribution in [0, 0.1) is 5.92 Å². The molecule has 0 aliphatic heterocycles. The molecule has 1 nitrogen and oxygen atoms in total. The van der Waals surface area contributed by atoms with E-state index in [1.165, 1.54) is 24.8 Å². The minimum absolute atomic E-state index is 0.213.